The number of aryl methyl sites for hydroxylation is 1. The smallest absolute Gasteiger partial charge is 0.272 e. The van der Waals surface area contributed by atoms with Gasteiger partial charge in [0, 0.05) is 17.5 Å². The minimum absolute atomic E-state index is 0.132. The number of carbonyl (C=O) groups is 1. The fraction of sp³-hybridized carbons (Fsp3) is 0.316. The lowest BCUT2D eigenvalue weighted by atomic mass is 10.1. The zero-order chi connectivity index (χ0) is 17.4. The normalized spacial score (nSPS) is 14.3. The number of H-pyrrole nitrogens is 1. The summed E-state index contributed by atoms with van der Waals surface area (Å²) in [7, 11) is 0. The standard InChI is InChI=1S/C19H21N5O/c1-12-6-3-4-8-16(12)24-17-9-5-7-14(17)18(23-24)19(25)21-13(2)15-10-11-20-22-15/h3-4,6,8,10-11,13H,5,7,9H2,1-2H3,(H,20,22)(H,21,25)/t13-/m1/s1. The van der Waals surface area contributed by atoms with Crippen LogP contribution in [0, 0.1) is 6.92 Å². The fourth-order valence-electron chi connectivity index (χ4n) is 3.47. The molecular weight excluding hydrogens is 314 g/mol. The van der Waals surface area contributed by atoms with Crippen molar-refractivity contribution in [2.75, 3.05) is 0 Å². The topological polar surface area (TPSA) is 75.6 Å². The molecule has 0 aliphatic heterocycles. The number of carbonyl (C=O) groups excluding carboxylic acids is 1. The van der Waals surface area contributed by atoms with Gasteiger partial charge in [0.05, 0.1) is 17.4 Å². The molecule has 1 atom stereocenters. The molecule has 2 heterocycles. The quantitative estimate of drug-likeness (QED) is 0.770. The maximum absolute atomic E-state index is 12.8. The highest BCUT2D eigenvalue weighted by molar-refractivity contribution is 5.94. The van der Waals surface area contributed by atoms with Gasteiger partial charge in [0.2, 0.25) is 0 Å². The van der Waals surface area contributed by atoms with Gasteiger partial charge in [-0.2, -0.15) is 10.2 Å². The number of para-hydroxylation sites is 1. The van der Waals surface area contributed by atoms with E-state index in [4.69, 9.17) is 0 Å². The highest BCUT2D eigenvalue weighted by Gasteiger charge is 2.28. The van der Waals surface area contributed by atoms with Crippen molar-refractivity contribution in [3.05, 3.63) is 64.7 Å². The summed E-state index contributed by atoms with van der Waals surface area (Å²) in [6, 6.07) is 9.86. The third kappa shape index (κ3) is 2.73. The molecule has 25 heavy (non-hydrogen) atoms. The summed E-state index contributed by atoms with van der Waals surface area (Å²) < 4.78 is 1.95. The van der Waals surface area contributed by atoms with Gasteiger partial charge in [-0.15, -0.1) is 0 Å². The number of aromatic nitrogens is 4. The second-order valence-corrected chi connectivity index (χ2v) is 6.53. The van der Waals surface area contributed by atoms with E-state index in [9.17, 15) is 4.79 Å². The third-order valence-electron chi connectivity index (χ3n) is 4.83. The van der Waals surface area contributed by atoms with E-state index < -0.39 is 0 Å². The van der Waals surface area contributed by atoms with Gasteiger partial charge in [0.15, 0.2) is 5.69 Å². The van der Waals surface area contributed by atoms with E-state index in [1.165, 1.54) is 0 Å². The molecule has 3 aromatic rings. The van der Waals surface area contributed by atoms with Crippen LogP contribution in [0.15, 0.2) is 36.5 Å². The Morgan fingerprint density at radius 1 is 1.28 bits per heavy atom. The molecule has 2 aromatic heterocycles. The van der Waals surface area contributed by atoms with Crippen LogP contribution in [0.4, 0.5) is 0 Å². The van der Waals surface area contributed by atoms with Crippen LogP contribution in [0.25, 0.3) is 5.69 Å². The Balaban J connectivity index is 1.68. The largest absolute Gasteiger partial charge is 0.343 e. The number of fused-ring (bicyclic) bond motifs is 1. The second kappa shape index (κ2) is 6.20. The van der Waals surface area contributed by atoms with Gasteiger partial charge in [-0.25, -0.2) is 4.68 Å². The van der Waals surface area contributed by atoms with Gasteiger partial charge in [0.1, 0.15) is 0 Å². The Bertz CT molecular complexity index is 910. The first-order chi connectivity index (χ1) is 12.1. The number of rotatable bonds is 4. The molecule has 0 bridgehead atoms. The molecule has 1 amide bonds. The summed E-state index contributed by atoms with van der Waals surface area (Å²) in [5, 5.41) is 14.5. The van der Waals surface area contributed by atoms with Crippen molar-refractivity contribution in [3.63, 3.8) is 0 Å². The van der Waals surface area contributed by atoms with Crippen LogP contribution in [-0.4, -0.2) is 25.9 Å². The van der Waals surface area contributed by atoms with Crippen LogP contribution in [-0.2, 0) is 12.8 Å². The first-order valence-corrected chi connectivity index (χ1v) is 8.62. The summed E-state index contributed by atoms with van der Waals surface area (Å²) in [5.41, 5.74) is 5.86. The molecular formula is C19H21N5O. The SMILES string of the molecule is Cc1ccccc1-n1nc(C(=O)N[C@H](C)c2ccn[nH]2)c2c1CCC2. The molecule has 1 aromatic carbocycles. The molecule has 6 heteroatoms. The van der Waals surface area contributed by atoms with E-state index >= 15 is 0 Å². The molecule has 0 saturated heterocycles. The van der Waals surface area contributed by atoms with Crippen molar-refractivity contribution < 1.29 is 4.79 Å². The van der Waals surface area contributed by atoms with E-state index in [0.29, 0.717) is 5.69 Å². The predicted octanol–water partition coefficient (Wildman–Crippen LogP) is 2.88. The molecule has 128 valence electrons. The maximum atomic E-state index is 12.8. The zero-order valence-corrected chi connectivity index (χ0v) is 14.4. The molecule has 0 spiro atoms. The van der Waals surface area contributed by atoms with Gasteiger partial charge in [-0.1, -0.05) is 18.2 Å². The number of nitrogens with one attached hydrogen (secondary N) is 2. The Morgan fingerprint density at radius 2 is 2.12 bits per heavy atom. The zero-order valence-electron chi connectivity index (χ0n) is 14.4. The van der Waals surface area contributed by atoms with Crippen LogP contribution in [0.5, 0.6) is 0 Å². The minimum atomic E-state index is -0.143. The first kappa shape index (κ1) is 15.6. The van der Waals surface area contributed by atoms with E-state index in [2.05, 4.69) is 39.7 Å². The lowest BCUT2D eigenvalue weighted by molar-refractivity contribution is 0.0932. The Hall–Kier alpha value is -2.89. The van der Waals surface area contributed by atoms with Gasteiger partial charge in [0.25, 0.3) is 5.91 Å². The van der Waals surface area contributed by atoms with Crippen molar-refractivity contribution in [1.82, 2.24) is 25.3 Å². The summed E-state index contributed by atoms with van der Waals surface area (Å²) >= 11 is 0. The molecule has 6 nitrogen and oxygen atoms in total. The number of hydrogen-bond acceptors (Lipinski definition) is 3. The molecule has 4 rings (SSSR count). The minimum Gasteiger partial charge on any atom is -0.343 e. The summed E-state index contributed by atoms with van der Waals surface area (Å²) in [6.45, 7) is 4.00. The predicted molar refractivity (Wildman–Crippen MR) is 94.8 cm³/mol. The maximum Gasteiger partial charge on any atom is 0.272 e. The van der Waals surface area contributed by atoms with E-state index in [-0.39, 0.29) is 11.9 Å². The van der Waals surface area contributed by atoms with Crippen LogP contribution >= 0.6 is 0 Å². The van der Waals surface area contributed by atoms with Crippen molar-refractivity contribution >= 4 is 5.91 Å². The van der Waals surface area contributed by atoms with Gasteiger partial charge in [-0.3, -0.25) is 9.89 Å². The molecule has 1 aliphatic rings. The average molecular weight is 335 g/mol. The van der Waals surface area contributed by atoms with Crippen molar-refractivity contribution in [1.29, 1.82) is 0 Å². The monoisotopic (exact) mass is 335 g/mol. The van der Waals surface area contributed by atoms with Crippen LogP contribution in [0.1, 0.15) is 52.4 Å². The number of hydrogen-bond donors (Lipinski definition) is 2. The summed E-state index contributed by atoms with van der Waals surface area (Å²) in [5.74, 6) is -0.132. The van der Waals surface area contributed by atoms with Crippen LogP contribution in [0.3, 0.4) is 0 Å². The van der Waals surface area contributed by atoms with E-state index in [1.54, 1.807) is 6.20 Å². The number of nitrogens with zero attached hydrogens (tertiary/aromatic N) is 3. The molecule has 1 aliphatic carbocycles. The van der Waals surface area contributed by atoms with Crippen molar-refractivity contribution in [3.8, 4) is 5.69 Å². The number of aromatic amines is 1. The lowest BCUT2D eigenvalue weighted by Gasteiger charge is -2.11. The molecule has 0 saturated carbocycles. The van der Waals surface area contributed by atoms with E-state index in [1.807, 2.05) is 29.8 Å². The van der Waals surface area contributed by atoms with Crippen molar-refractivity contribution in [2.45, 2.75) is 39.2 Å². The highest BCUT2D eigenvalue weighted by Crippen LogP contribution is 2.29. The van der Waals surface area contributed by atoms with Crippen molar-refractivity contribution in [2.24, 2.45) is 0 Å². The molecule has 0 radical (unpaired) electrons. The van der Waals surface area contributed by atoms with Crippen LogP contribution in [0.2, 0.25) is 0 Å². The molecule has 0 unspecified atom stereocenters. The summed E-state index contributed by atoms with van der Waals surface area (Å²) in [4.78, 5) is 12.8. The third-order valence-corrected chi connectivity index (χ3v) is 4.83. The first-order valence-electron chi connectivity index (χ1n) is 8.62. The Kier molecular flexibility index (Phi) is 3.87. The van der Waals surface area contributed by atoms with Crippen LogP contribution < -0.4 is 5.32 Å². The molecule has 0 fully saturated rings. The number of amides is 1. The highest BCUT2D eigenvalue weighted by atomic mass is 16.2. The Morgan fingerprint density at radius 3 is 2.88 bits per heavy atom. The average Bonchev–Trinajstić information content (AvgIpc) is 3.33. The van der Waals surface area contributed by atoms with Gasteiger partial charge >= 0.3 is 0 Å². The molecule has 2 N–H and O–H groups in total. The Labute approximate surface area is 146 Å². The fourth-order valence-corrected chi connectivity index (χ4v) is 3.47. The lowest BCUT2D eigenvalue weighted by Crippen LogP contribution is -2.28. The second-order valence-electron chi connectivity index (χ2n) is 6.53. The van der Waals surface area contributed by atoms with Gasteiger partial charge < -0.3 is 5.32 Å². The summed E-state index contributed by atoms with van der Waals surface area (Å²) in [6.07, 6.45) is 4.61. The van der Waals surface area contributed by atoms with E-state index in [0.717, 1.165) is 47.5 Å². The number of benzene rings is 1. The van der Waals surface area contributed by atoms with Gasteiger partial charge in [-0.05, 0) is 50.8 Å².